The molecule has 2 aromatic rings. The summed E-state index contributed by atoms with van der Waals surface area (Å²) in [6.45, 7) is 0.511. The minimum atomic E-state index is -0.114. The average molecular weight is 314 g/mol. The SMILES string of the molecule is O=C(NCc1ccccc1)c1ccnc(OC2CCSC2)c1. The highest BCUT2D eigenvalue weighted by molar-refractivity contribution is 7.99. The standard InChI is InChI=1S/C17H18N2O2S/c20-17(19-11-13-4-2-1-3-5-13)14-6-8-18-16(10-14)21-15-7-9-22-12-15/h1-6,8,10,15H,7,9,11-12H2,(H,19,20). The zero-order chi connectivity index (χ0) is 15.2. The van der Waals surface area contributed by atoms with E-state index in [1.807, 2.05) is 42.1 Å². The summed E-state index contributed by atoms with van der Waals surface area (Å²) in [7, 11) is 0. The smallest absolute Gasteiger partial charge is 0.251 e. The van der Waals surface area contributed by atoms with Crippen molar-refractivity contribution in [3.8, 4) is 5.88 Å². The molecule has 0 spiro atoms. The minimum Gasteiger partial charge on any atom is -0.473 e. The summed E-state index contributed by atoms with van der Waals surface area (Å²) < 4.78 is 5.82. The van der Waals surface area contributed by atoms with Crippen LogP contribution in [0.5, 0.6) is 5.88 Å². The molecule has 0 saturated carbocycles. The first-order chi connectivity index (χ1) is 10.8. The van der Waals surface area contributed by atoms with Crippen LogP contribution in [0.4, 0.5) is 0 Å². The number of nitrogens with zero attached hydrogens (tertiary/aromatic N) is 1. The van der Waals surface area contributed by atoms with Crippen LogP contribution in [-0.2, 0) is 6.54 Å². The van der Waals surface area contributed by atoms with Gasteiger partial charge in [0.05, 0.1) is 0 Å². The number of thioether (sulfide) groups is 1. The highest BCUT2D eigenvalue weighted by Crippen LogP contribution is 2.22. The zero-order valence-corrected chi connectivity index (χ0v) is 13.0. The van der Waals surface area contributed by atoms with Crippen LogP contribution in [0.15, 0.2) is 48.7 Å². The van der Waals surface area contributed by atoms with Gasteiger partial charge in [-0.2, -0.15) is 11.8 Å². The number of nitrogens with one attached hydrogen (secondary N) is 1. The molecule has 3 rings (SSSR count). The first-order valence-electron chi connectivity index (χ1n) is 7.34. The molecule has 1 aliphatic heterocycles. The number of hydrogen-bond donors (Lipinski definition) is 1. The van der Waals surface area contributed by atoms with Gasteiger partial charge in [-0.05, 0) is 23.8 Å². The topological polar surface area (TPSA) is 51.2 Å². The molecule has 1 aromatic carbocycles. The maximum absolute atomic E-state index is 12.2. The Balaban J connectivity index is 1.59. The number of pyridine rings is 1. The van der Waals surface area contributed by atoms with Gasteiger partial charge in [-0.25, -0.2) is 4.98 Å². The van der Waals surface area contributed by atoms with E-state index in [0.29, 0.717) is 18.0 Å². The molecule has 1 amide bonds. The lowest BCUT2D eigenvalue weighted by Crippen LogP contribution is -2.23. The van der Waals surface area contributed by atoms with Gasteiger partial charge in [0, 0.05) is 30.1 Å². The van der Waals surface area contributed by atoms with E-state index in [1.165, 1.54) is 0 Å². The normalized spacial score (nSPS) is 17.2. The lowest BCUT2D eigenvalue weighted by molar-refractivity contribution is 0.0950. The van der Waals surface area contributed by atoms with Crippen LogP contribution < -0.4 is 10.1 Å². The van der Waals surface area contributed by atoms with E-state index in [-0.39, 0.29) is 12.0 Å². The number of ether oxygens (including phenoxy) is 1. The number of carbonyl (C=O) groups excluding carboxylic acids is 1. The van der Waals surface area contributed by atoms with E-state index < -0.39 is 0 Å². The molecule has 22 heavy (non-hydrogen) atoms. The molecule has 4 nitrogen and oxygen atoms in total. The van der Waals surface area contributed by atoms with E-state index in [9.17, 15) is 4.79 Å². The van der Waals surface area contributed by atoms with Crippen LogP contribution in [0.1, 0.15) is 22.3 Å². The van der Waals surface area contributed by atoms with E-state index in [1.54, 1.807) is 18.3 Å². The van der Waals surface area contributed by atoms with Gasteiger partial charge in [0.2, 0.25) is 5.88 Å². The quantitative estimate of drug-likeness (QED) is 0.922. The zero-order valence-electron chi connectivity index (χ0n) is 12.2. The summed E-state index contributed by atoms with van der Waals surface area (Å²) >= 11 is 1.89. The lowest BCUT2D eigenvalue weighted by Gasteiger charge is -2.12. The first-order valence-corrected chi connectivity index (χ1v) is 8.49. The van der Waals surface area contributed by atoms with Gasteiger partial charge in [-0.15, -0.1) is 0 Å². The van der Waals surface area contributed by atoms with E-state index in [4.69, 9.17) is 4.74 Å². The molecule has 2 heterocycles. The fourth-order valence-electron chi connectivity index (χ4n) is 2.27. The minimum absolute atomic E-state index is 0.114. The Morgan fingerprint density at radius 3 is 2.95 bits per heavy atom. The highest BCUT2D eigenvalue weighted by atomic mass is 32.2. The number of hydrogen-bond acceptors (Lipinski definition) is 4. The molecule has 1 atom stereocenters. The van der Waals surface area contributed by atoms with Gasteiger partial charge in [-0.1, -0.05) is 30.3 Å². The largest absolute Gasteiger partial charge is 0.473 e. The molecular weight excluding hydrogens is 296 g/mol. The van der Waals surface area contributed by atoms with Gasteiger partial charge in [0.25, 0.3) is 5.91 Å². The monoisotopic (exact) mass is 314 g/mol. The summed E-state index contributed by atoms with van der Waals surface area (Å²) in [6.07, 6.45) is 2.87. The van der Waals surface area contributed by atoms with Crippen molar-refractivity contribution in [1.29, 1.82) is 0 Å². The van der Waals surface area contributed by atoms with Crippen LogP contribution in [0, 0.1) is 0 Å². The maximum Gasteiger partial charge on any atom is 0.251 e. The van der Waals surface area contributed by atoms with Crippen molar-refractivity contribution in [2.75, 3.05) is 11.5 Å². The predicted octanol–water partition coefficient (Wildman–Crippen LogP) is 2.90. The lowest BCUT2D eigenvalue weighted by atomic mass is 10.2. The molecule has 0 bridgehead atoms. The van der Waals surface area contributed by atoms with Crippen molar-refractivity contribution < 1.29 is 9.53 Å². The molecule has 114 valence electrons. The summed E-state index contributed by atoms with van der Waals surface area (Å²) in [5, 5.41) is 2.91. The van der Waals surface area contributed by atoms with Crippen molar-refractivity contribution in [3.05, 3.63) is 59.8 Å². The summed E-state index contributed by atoms with van der Waals surface area (Å²) in [4.78, 5) is 16.4. The molecule has 1 N–H and O–H groups in total. The third-order valence-corrected chi connectivity index (χ3v) is 4.60. The average Bonchev–Trinajstić information content (AvgIpc) is 3.07. The van der Waals surface area contributed by atoms with Crippen LogP contribution in [0.25, 0.3) is 0 Å². The first kappa shape index (κ1) is 14.9. The Morgan fingerprint density at radius 2 is 2.18 bits per heavy atom. The van der Waals surface area contributed by atoms with Gasteiger partial charge >= 0.3 is 0 Å². The molecule has 1 saturated heterocycles. The third-order valence-electron chi connectivity index (χ3n) is 3.47. The van der Waals surface area contributed by atoms with Crippen molar-refractivity contribution in [2.24, 2.45) is 0 Å². The van der Waals surface area contributed by atoms with Crippen LogP contribution >= 0.6 is 11.8 Å². The fraction of sp³-hybridized carbons (Fsp3) is 0.294. The molecule has 1 fully saturated rings. The molecule has 0 radical (unpaired) electrons. The molecular formula is C17H18N2O2S. The van der Waals surface area contributed by atoms with E-state index >= 15 is 0 Å². The fourth-order valence-corrected chi connectivity index (χ4v) is 3.37. The number of carbonyl (C=O) groups is 1. The van der Waals surface area contributed by atoms with Gasteiger partial charge < -0.3 is 10.1 Å². The van der Waals surface area contributed by atoms with Crippen LogP contribution in [-0.4, -0.2) is 28.5 Å². The van der Waals surface area contributed by atoms with E-state index in [0.717, 1.165) is 23.5 Å². The van der Waals surface area contributed by atoms with Crippen LogP contribution in [0.3, 0.4) is 0 Å². The Labute approximate surface area is 134 Å². The van der Waals surface area contributed by atoms with Crippen molar-refractivity contribution >= 4 is 17.7 Å². The second-order valence-corrected chi connectivity index (χ2v) is 6.30. The Morgan fingerprint density at radius 1 is 1.32 bits per heavy atom. The van der Waals surface area contributed by atoms with Crippen molar-refractivity contribution in [3.63, 3.8) is 0 Å². The predicted molar refractivity (Wildman–Crippen MR) is 88.2 cm³/mol. The Kier molecular flexibility index (Phi) is 4.96. The number of rotatable bonds is 5. The van der Waals surface area contributed by atoms with E-state index in [2.05, 4.69) is 10.3 Å². The molecule has 1 aliphatic rings. The second-order valence-electron chi connectivity index (χ2n) is 5.15. The van der Waals surface area contributed by atoms with Gasteiger partial charge in [0.1, 0.15) is 6.10 Å². The molecule has 1 unspecified atom stereocenters. The second kappa shape index (κ2) is 7.31. The maximum atomic E-state index is 12.2. The molecule has 5 heteroatoms. The summed E-state index contributed by atoms with van der Waals surface area (Å²) in [6, 6.07) is 13.3. The molecule has 0 aliphatic carbocycles. The Bertz CT molecular complexity index is 628. The summed E-state index contributed by atoms with van der Waals surface area (Å²) in [5.74, 6) is 2.53. The van der Waals surface area contributed by atoms with Gasteiger partial charge in [-0.3, -0.25) is 4.79 Å². The summed E-state index contributed by atoms with van der Waals surface area (Å²) in [5.41, 5.74) is 1.65. The molecule has 1 aromatic heterocycles. The third kappa shape index (κ3) is 4.01. The number of aromatic nitrogens is 1. The van der Waals surface area contributed by atoms with Gasteiger partial charge in [0.15, 0.2) is 0 Å². The van der Waals surface area contributed by atoms with Crippen molar-refractivity contribution in [2.45, 2.75) is 19.1 Å². The Hall–Kier alpha value is -2.01. The number of amides is 1. The highest BCUT2D eigenvalue weighted by Gasteiger charge is 2.18. The van der Waals surface area contributed by atoms with Crippen LogP contribution in [0.2, 0.25) is 0 Å². The number of benzene rings is 1. The van der Waals surface area contributed by atoms with Crippen molar-refractivity contribution in [1.82, 2.24) is 10.3 Å².